The maximum atomic E-state index is 6.24. The molecular formula is C23H21Cl2N3O. The van der Waals surface area contributed by atoms with Crippen LogP contribution in [0.3, 0.4) is 0 Å². The number of nitrogens with one attached hydrogen (secondary N) is 2. The minimum atomic E-state index is 0.328. The summed E-state index contributed by atoms with van der Waals surface area (Å²) in [5.74, 6) is 1.80. The topological polar surface area (TPSA) is 49.9 Å². The van der Waals surface area contributed by atoms with Gasteiger partial charge in [-0.15, -0.1) is 0 Å². The molecule has 0 aliphatic heterocycles. The highest BCUT2D eigenvalue weighted by Crippen LogP contribution is 2.27. The molecule has 1 aromatic heterocycles. The Balaban J connectivity index is 1.33. The van der Waals surface area contributed by atoms with Crippen LogP contribution in [0.4, 0.5) is 0 Å². The molecule has 0 unspecified atom stereocenters. The molecule has 0 fully saturated rings. The van der Waals surface area contributed by atoms with E-state index in [2.05, 4.69) is 21.4 Å². The first kappa shape index (κ1) is 19.8. The lowest BCUT2D eigenvalue weighted by Crippen LogP contribution is -2.17. The van der Waals surface area contributed by atoms with Crippen molar-refractivity contribution < 1.29 is 4.74 Å². The van der Waals surface area contributed by atoms with E-state index in [0.717, 1.165) is 46.7 Å². The van der Waals surface area contributed by atoms with Crippen LogP contribution in [0.2, 0.25) is 10.0 Å². The Labute approximate surface area is 179 Å². The zero-order chi connectivity index (χ0) is 20.1. The molecule has 2 N–H and O–H groups in total. The van der Waals surface area contributed by atoms with E-state index in [1.54, 1.807) is 0 Å². The molecule has 4 rings (SSSR count). The zero-order valence-corrected chi connectivity index (χ0v) is 17.3. The highest BCUT2D eigenvalue weighted by molar-refractivity contribution is 6.35. The Morgan fingerprint density at radius 2 is 1.66 bits per heavy atom. The van der Waals surface area contributed by atoms with Gasteiger partial charge in [0, 0.05) is 40.7 Å². The molecule has 0 bridgehead atoms. The van der Waals surface area contributed by atoms with Gasteiger partial charge in [0.15, 0.2) is 0 Å². The summed E-state index contributed by atoms with van der Waals surface area (Å²) in [5, 5.41) is 4.68. The van der Waals surface area contributed by atoms with Crippen molar-refractivity contribution in [3.8, 4) is 5.75 Å². The highest BCUT2D eigenvalue weighted by Gasteiger charge is 2.09. The van der Waals surface area contributed by atoms with E-state index in [9.17, 15) is 0 Å². The lowest BCUT2D eigenvalue weighted by Gasteiger charge is -2.13. The van der Waals surface area contributed by atoms with Crippen LogP contribution in [0.5, 0.6) is 5.75 Å². The summed E-state index contributed by atoms with van der Waals surface area (Å²) in [5.41, 5.74) is 3.95. The maximum Gasteiger partial charge on any atom is 0.124 e. The molecule has 3 aromatic carbocycles. The third-order valence-corrected chi connectivity index (χ3v) is 5.41. The minimum absolute atomic E-state index is 0.328. The van der Waals surface area contributed by atoms with E-state index in [-0.39, 0.29) is 0 Å². The number of benzene rings is 3. The first-order valence-electron chi connectivity index (χ1n) is 9.48. The number of rotatable bonds is 8. The largest absolute Gasteiger partial charge is 0.488 e. The van der Waals surface area contributed by atoms with Gasteiger partial charge in [0.25, 0.3) is 0 Å². The Bertz CT molecular complexity index is 1060. The van der Waals surface area contributed by atoms with Crippen molar-refractivity contribution >= 4 is 34.2 Å². The minimum Gasteiger partial charge on any atom is -0.488 e. The van der Waals surface area contributed by atoms with Gasteiger partial charge in [-0.25, -0.2) is 4.98 Å². The van der Waals surface area contributed by atoms with Crippen LogP contribution in [-0.4, -0.2) is 16.5 Å². The lowest BCUT2D eigenvalue weighted by atomic mass is 10.2. The molecule has 0 atom stereocenters. The molecule has 29 heavy (non-hydrogen) atoms. The molecular weight excluding hydrogens is 405 g/mol. The van der Waals surface area contributed by atoms with Crippen molar-refractivity contribution in [3.63, 3.8) is 0 Å². The number of aromatic nitrogens is 2. The van der Waals surface area contributed by atoms with Gasteiger partial charge < -0.3 is 15.0 Å². The van der Waals surface area contributed by atoms with Crippen molar-refractivity contribution in [2.45, 2.75) is 19.6 Å². The number of imidazole rings is 1. The summed E-state index contributed by atoms with van der Waals surface area (Å²) in [6, 6.07) is 21.5. The molecule has 0 radical (unpaired) electrons. The van der Waals surface area contributed by atoms with Gasteiger partial charge in [-0.05, 0) is 30.3 Å². The van der Waals surface area contributed by atoms with Crippen LogP contribution in [0, 0.1) is 0 Å². The smallest absolute Gasteiger partial charge is 0.124 e. The van der Waals surface area contributed by atoms with Gasteiger partial charge in [0.05, 0.1) is 11.0 Å². The van der Waals surface area contributed by atoms with Crippen molar-refractivity contribution in [1.29, 1.82) is 0 Å². The number of hydrogen-bond donors (Lipinski definition) is 2. The molecule has 148 valence electrons. The monoisotopic (exact) mass is 425 g/mol. The van der Waals surface area contributed by atoms with Crippen LogP contribution >= 0.6 is 23.2 Å². The molecule has 6 heteroatoms. The summed E-state index contributed by atoms with van der Waals surface area (Å²) >= 11 is 12.5. The summed E-state index contributed by atoms with van der Waals surface area (Å²) in [6.45, 7) is 1.84. The fraction of sp³-hybridized carbons (Fsp3) is 0.174. The number of hydrogen-bond acceptors (Lipinski definition) is 3. The molecule has 0 aliphatic carbocycles. The fourth-order valence-corrected chi connectivity index (χ4v) is 3.67. The van der Waals surface area contributed by atoms with Gasteiger partial charge >= 0.3 is 0 Å². The molecule has 1 heterocycles. The van der Waals surface area contributed by atoms with Crippen molar-refractivity contribution in [1.82, 2.24) is 15.3 Å². The fourth-order valence-electron chi connectivity index (χ4n) is 3.16. The van der Waals surface area contributed by atoms with Crippen LogP contribution in [0.1, 0.15) is 17.0 Å². The van der Waals surface area contributed by atoms with E-state index in [0.29, 0.717) is 23.2 Å². The SMILES string of the molecule is Clc1cccc(Cl)c1COc1ccccc1CNCCc1nc2ccccc2[nH]1. The number of H-pyrrole nitrogens is 1. The van der Waals surface area contributed by atoms with E-state index in [4.69, 9.17) is 27.9 Å². The van der Waals surface area contributed by atoms with Gasteiger partial charge in [-0.3, -0.25) is 0 Å². The Morgan fingerprint density at radius 3 is 2.48 bits per heavy atom. The van der Waals surface area contributed by atoms with E-state index in [1.165, 1.54) is 0 Å². The van der Waals surface area contributed by atoms with Crippen LogP contribution in [-0.2, 0) is 19.6 Å². The van der Waals surface area contributed by atoms with Crippen molar-refractivity contribution in [2.75, 3.05) is 6.54 Å². The number of nitrogens with zero attached hydrogens (tertiary/aromatic N) is 1. The average molecular weight is 426 g/mol. The lowest BCUT2D eigenvalue weighted by molar-refractivity contribution is 0.302. The van der Waals surface area contributed by atoms with Gasteiger partial charge in [0.1, 0.15) is 18.2 Å². The van der Waals surface area contributed by atoms with Crippen LogP contribution in [0.25, 0.3) is 11.0 Å². The predicted octanol–water partition coefficient (Wildman–Crippen LogP) is 5.78. The highest BCUT2D eigenvalue weighted by atomic mass is 35.5. The second kappa shape index (κ2) is 9.31. The Hall–Kier alpha value is -2.53. The number of aromatic amines is 1. The average Bonchev–Trinajstić information content (AvgIpc) is 3.14. The molecule has 0 saturated carbocycles. The third kappa shape index (κ3) is 4.91. The van der Waals surface area contributed by atoms with E-state index >= 15 is 0 Å². The Kier molecular flexibility index (Phi) is 6.35. The van der Waals surface area contributed by atoms with Crippen LogP contribution < -0.4 is 10.1 Å². The van der Waals surface area contributed by atoms with Gasteiger partial charge in [-0.2, -0.15) is 0 Å². The quantitative estimate of drug-likeness (QED) is 0.351. The van der Waals surface area contributed by atoms with Crippen molar-refractivity contribution in [3.05, 3.63) is 93.7 Å². The summed E-state index contributed by atoms with van der Waals surface area (Å²) in [4.78, 5) is 7.96. The van der Waals surface area contributed by atoms with E-state index in [1.807, 2.05) is 60.7 Å². The van der Waals surface area contributed by atoms with Crippen molar-refractivity contribution in [2.24, 2.45) is 0 Å². The van der Waals surface area contributed by atoms with E-state index < -0.39 is 0 Å². The molecule has 0 saturated heterocycles. The number of para-hydroxylation sites is 3. The standard InChI is InChI=1S/C23H21Cl2N3O/c24-18-7-5-8-19(25)17(18)15-29-22-11-4-1-6-16(22)14-26-13-12-23-27-20-9-2-3-10-21(20)28-23/h1-11,26H,12-15H2,(H,27,28). The van der Waals surface area contributed by atoms with Crippen LogP contribution in [0.15, 0.2) is 66.7 Å². The molecule has 4 nitrogen and oxygen atoms in total. The Morgan fingerprint density at radius 1 is 0.897 bits per heavy atom. The predicted molar refractivity (Wildman–Crippen MR) is 119 cm³/mol. The molecule has 4 aromatic rings. The number of halogens is 2. The summed E-state index contributed by atoms with van der Waals surface area (Å²) in [7, 11) is 0. The van der Waals surface area contributed by atoms with Gasteiger partial charge in [-0.1, -0.05) is 59.6 Å². The maximum absolute atomic E-state index is 6.24. The summed E-state index contributed by atoms with van der Waals surface area (Å²) in [6.07, 6.45) is 0.826. The molecule has 0 amide bonds. The zero-order valence-electron chi connectivity index (χ0n) is 15.8. The van der Waals surface area contributed by atoms with Gasteiger partial charge in [0.2, 0.25) is 0 Å². The molecule has 0 aliphatic rings. The first-order chi connectivity index (χ1) is 14.2. The first-order valence-corrected chi connectivity index (χ1v) is 10.2. The second-order valence-electron chi connectivity index (χ2n) is 6.72. The number of fused-ring (bicyclic) bond motifs is 1. The summed E-state index contributed by atoms with van der Waals surface area (Å²) < 4.78 is 6.01. The number of ether oxygens (including phenoxy) is 1. The molecule has 0 spiro atoms. The second-order valence-corrected chi connectivity index (χ2v) is 7.54. The third-order valence-electron chi connectivity index (χ3n) is 4.70. The normalized spacial score (nSPS) is 11.1.